The van der Waals surface area contributed by atoms with Crippen molar-refractivity contribution < 1.29 is 0 Å². The molecule has 0 saturated heterocycles. The SMILES string of the molecule is CC(C)c1ccc2ccc3c(C(C)C)cc(-c4ccc5ccccc5c4)c4ccc1c2c43. The van der Waals surface area contributed by atoms with E-state index in [1.165, 1.54) is 65.3 Å². The summed E-state index contributed by atoms with van der Waals surface area (Å²) in [5.41, 5.74) is 5.52. The fourth-order valence-corrected chi connectivity index (χ4v) is 5.52. The highest BCUT2D eigenvalue weighted by Gasteiger charge is 2.18. The summed E-state index contributed by atoms with van der Waals surface area (Å²) in [5, 5.41) is 10.9. The molecular weight excluding hydrogens is 384 g/mol. The van der Waals surface area contributed by atoms with E-state index in [2.05, 4.69) is 113 Å². The largest absolute Gasteiger partial charge is 0.0616 e. The molecule has 0 bridgehead atoms. The molecule has 0 N–H and O–H groups in total. The van der Waals surface area contributed by atoms with E-state index in [1.54, 1.807) is 0 Å². The van der Waals surface area contributed by atoms with E-state index in [0.29, 0.717) is 11.8 Å². The Kier molecular flexibility index (Phi) is 4.27. The van der Waals surface area contributed by atoms with Crippen LogP contribution in [0.3, 0.4) is 0 Å². The average Bonchev–Trinajstić information content (AvgIpc) is 2.81. The topological polar surface area (TPSA) is 0 Å². The molecule has 0 heterocycles. The maximum absolute atomic E-state index is 2.44. The van der Waals surface area contributed by atoms with Crippen molar-refractivity contribution in [2.24, 2.45) is 0 Å². The van der Waals surface area contributed by atoms with Gasteiger partial charge in [-0.05, 0) is 89.3 Å². The highest BCUT2D eigenvalue weighted by atomic mass is 14.2. The lowest BCUT2D eigenvalue weighted by molar-refractivity contribution is 0.876. The van der Waals surface area contributed by atoms with Gasteiger partial charge in [-0.3, -0.25) is 0 Å². The Morgan fingerprint density at radius 3 is 1.88 bits per heavy atom. The molecule has 0 heteroatoms. The Labute approximate surface area is 189 Å². The first-order valence-corrected chi connectivity index (χ1v) is 11.8. The standard InChI is InChI=1S/C32H28/c1-19(2)25-13-11-22-12-14-27-29(20(3)4)18-30(28-16-15-26(25)31(22)32(27)28)24-10-9-21-7-5-6-8-23(21)17-24/h5-20H,1-4H3. The fourth-order valence-electron chi connectivity index (χ4n) is 5.52. The summed E-state index contributed by atoms with van der Waals surface area (Å²) in [5.74, 6) is 0.965. The molecule has 32 heavy (non-hydrogen) atoms. The molecule has 6 aromatic carbocycles. The number of hydrogen-bond donors (Lipinski definition) is 0. The monoisotopic (exact) mass is 412 g/mol. The summed E-state index contributed by atoms with van der Waals surface area (Å²) >= 11 is 0. The molecule has 6 aromatic rings. The van der Waals surface area contributed by atoms with Crippen LogP contribution in [0.2, 0.25) is 0 Å². The molecule has 0 aliphatic heterocycles. The molecule has 0 aliphatic carbocycles. The quantitative estimate of drug-likeness (QED) is 0.254. The second kappa shape index (κ2) is 7.07. The van der Waals surface area contributed by atoms with Crippen LogP contribution in [0.5, 0.6) is 0 Å². The van der Waals surface area contributed by atoms with Crippen LogP contribution in [0.1, 0.15) is 50.7 Å². The molecule has 6 rings (SSSR count). The zero-order chi connectivity index (χ0) is 22.0. The minimum Gasteiger partial charge on any atom is -0.0616 e. The van der Waals surface area contributed by atoms with E-state index in [0.717, 1.165) is 0 Å². The van der Waals surface area contributed by atoms with Crippen molar-refractivity contribution in [3.63, 3.8) is 0 Å². The summed E-state index contributed by atoms with van der Waals surface area (Å²) in [6, 6.07) is 32.0. The first kappa shape index (κ1) is 19.3. The van der Waals surface area contributed by atoms with Gasteiger partial charge in [0.1, 0.15) is 0 Å². The Morgan fingerprint density at radius 2 is 1.09 bits per heavy atom. The van der Waals surface area contributed by atoms with Gasteiger partial charge in [0.15, 0.2) is 0 Å². The second-order valence-electron chi connectivity index (χ2n) is 9.79. The summed E-state index contributed by atoms with van der Waals surface area (Å²) in [4.78, 5) is 0. The number of fused-ring (bicyclic) bond motifs is 1. The summed E-state index contributed by atoms with van der Waals surface area (Å²) in [7, 11) is 0. The van der Waals surface area contributed by atoms with Crippen LogP contribution in [0.15, 0.2) is 84.9 Å². The smallest absolute Gasteiger partial charge is 0.00176 e. The maximum Gasteiger partial charge on any atom is -0.00176 e. The van der Waals surface area contributed by atoms with Crippen LogP contribution in [0.25, 0.3) is 54.2 Å². The van der Waals surface area contributed by atoms with Crippen molar-refractivity contribution in [2.45, 2.75) is 39.5 Å². The van der Waals surface area contributed by atoms with Crippen molar-refractivity contribution in [2.75, 3.05) is 0 Å². The molecular formula is C32H28. The van der Waals surface area contributed by atoms with Crippen molar-refractivity contribution in [3.8, 4) is 11.1 Å². The van der Waals surface area contributed by atoms with Crippen LogP contribution < -0.4 is 0 Å². The van der Waals surface area contributed by atoms with Gasteiger partial charge in [-0.2, -0.15) is 0 Å². The van der Waals surface area contributed by atoms with Gasteiger partial charge < -0.3 is 0 Å². The highest BCUT2D eigenvalue weighted by Crippen LogP contribution is 2.44. The molecule has 0 amide bonds. The Balaban J connectivity index is 1.79. The van der Waals surface area contributed by atoms with E-state index in [4.69, 9.17) is 0 Å². The lowest BCUT2D eigenvalue weighted by atomic mass is 9.83. The molecule has 0 unspecified atom stereocenters. The number of hydrogen-bond acceptors (Lipinski definition) is 0. The predicted octanol–water partition coefficient (Wildman–Crippen LogP) is 9.65. The van der Waals surface area contributed by atoms with Crippen molar-refractivity contribution in [1.82, 2.24) is 0 Å². The zero-order valence-corrected chi connectivity index (χ0v) is 19.2. The van der Waals surface area contributed by atoms with E-state index >= 15 is 0 Å². The van der Waals surface area contributed by atoms with Gasteiger partial charge in [0.2, 0.25) is 0 Å². The third-order valence-electron chi connectivity index (χ3n) is 7.15. The van der Waals surface area contributed by atoms with Crippen LogP contribution in [0, 0.1) is 0 Å². The van der Waals surface area contributed by atoms with Crippen LogP contribution in [-0.2, 0) is 0 Å². The number of benzene rings is 6. The predicted molar refractivity (Wildman–Crippen MR) is 141 cm³/mol. The molecule has 0 nitrogen and oxygen atoms in total. The van der Waals surface area contributed by atoms with Crippen molar-refractivity contribution >= 4 is 43.1 Å². The second-order valence-corrected chi connectivity index (χ2v) is 9.79. The third-order valence-corrected chi connectivity index (χ3v) is 7.15. The molecule has 0 aromatic heterocycles. The maximum atomic E-state index is 2.44. The van der Waals surface area contributed by atoms with Crippen molar-refractivity contribution in [1.29, 1.82) is 0 Å². The van der Waals surface area contributed by atoms with Crippen LogP contribution >= 0.6 is 0 Å². The first-order valence-electron chi connectivity index (χ1n) is 11.8. The molecule has 0 fully saturated rings. The lowest BCUT2D eigenvalue weighted by Gasteiger charge is -2.21. The van der Waals surface area contributed by atoms with Gasteiger partial charge in [-0.15, -0.1) is 0 Å². The van der Waals surface area contributed by atoms with Crippen LogP contribution in [0.4, 0.5) is 0 Å². The third kappa shape index (κ3) is 2.76. The van der Waals surface area contributed by atoms with E-state index in [9.17, 15) is 0 Å². The minimum absolute atomic E-state index is 0.461. The van der Waals surface area contributed by atoms with Gasteiger partial charge in [-0.25, -0.2) is 0 Å². The van der Waals surface area contributed by atoms with Gasteiger partial charge in [0.05, 0.1) is 0 Å². The Hall–Kier alpha value is -3.38. The Bertz CT molecular complexity index is 1610. The molecule has 0 atom stereocenters. The van der Waals surface area contributed by atoms with Gasteiger partial charge in [0, 0.05) is 0 Å². The van der Waals surface area contributed by atoms with Gasteiger partial charge in [0.25, 0.3) is 0 Å². The summed E-state index contributed by atoms with van der Waals surface area (Å²) in [6.07, 6.45) is 0. The lowest BCUT2D eigenvalue weighted by Crippen LogP contribution is -1.97. The molecule has 0 spiro atoms. The summed E-state index contributed by atoms with van der Waals surface area (Å²) in [6.45, 7) is 9.23. The first-order chi connectivity index (χ1) is 15.5. The van der Waals surface area contributed by atoms with Gasteiger partial charge in [-0.1, -0.05) is 100 Å². The normalized spacial score (nSPS) is 12.3. The van der Waals surface area contributed by atoms with Gasteiger partial charge >= 0.3 is 0 Å². The summed E-state index contributed by atoms with van der Waals surface area (Å²) < 4.78 is 0. The molecule has 0 radical (unpaired) electrons. The zero-order valence-electron chi connectivity index (χ0n) is 19.2. The van der Waals surface area contributed by atoms with Crippen molar-refractivity contribution in [3.05, 3.63) is 96.1 Å². The van der Waals surface area contributed by atoms with E-state index in [1.807, 2.05) is 0 Å². The van der Waals surface area contributed by atoms with Crippen LogP contribution in [-0.4, -0.2) is 0 Å². The van der Waals surface area contributed by atoms with E-state index < -0.39 is 0 Å². The molecule has 0 aliphatic rings. The molecule has 0 saturated carbocycles. The Morgan fingerprint density at radius 1 is 0.469 bits per heavy atom. The number of rotatable bonds is 3. The van der Waals surface area contributed by atoms with E-state index in [-0.39, 0.29) is 0 Å². The average molecular weight is 413 g/mol. The fraction of sp³-hybridized carbons (Fsp3) is 0.188. The molecule has 156 valence electrons. The minimum atomic E-state index is 0.461. The highest BCUT2D eigenvalue weighted by molar-refractivity contribution is 6.26.